The van der Waals surface area contributed by atoms with Crippen molar-refractivity contribution in [3.63, 3.8) is 0 Å². The Kier molecular flexibility index (Phi) is 9.87. The third-order valence-corrected chi connectivity index (χ3v) is 10.4. The second kappa shape index (κ2) is 12.7. The lowest BCUT2D eigenvalue weighted by molar-refractivity contribution is 0.436. The molecule has 0 bridgehead atoms. The van der Waals surface area contributed by atoms with Crippen LogP contribution in [0.4, 0.5) is 0 Å². The molecular weight excluding hydrogens is 617 g/mol. The molecule has 0 saturated heterocycles. The van der Waals surface area contributed by atoms with Crippen LogP contribution < -0.4 is 0 Å². The van der Waals surface area contributed by atoms with Crippen molar-refractivity contribution in [3.8, 4) is 23.0 Å². The number of aromatic hydroxyl groups is 4. The number of benzene rings is 4. The van der Waals surface area contributed by atoms with Crippen molar-refractivity contribution < 1.29 is 20.4 Å². The van der Waals surface area contributed by atoms with Crippen LogP contribution in [0.1, 0.15) is 150 Å². The number of phenolic OH excluding ortho intramolecular Hbond substituents is 4. The molecule has 4 heteroatoms. The monoisotopic (exact) mass is 678 g/mol. The van der Waals surface area contributed by atoms with Crippen LogP contribution in [0.25, 0.3) is 0 Å². The molecule has 0 aliphatic heterocycles. The minimum Gasteiger partial charge on any atom is -0.507 e. The molecule has 4 N–H and O–H groups in total. The van der Waals surface area contributed by atoms with Gasteiger partial charge in [0.15, 0.2) is 0 Å². The van der Waals surface area contributed by atoms with Crippen LogP contribution in [0.3, 0.4) is 0 Å². The first-order valence-electron chi connectivity index (χ1n) is 18.0. The van der Waals surface area contributed by atoms with Gasteiger partial charge in [-0.05, 0) is 123 Å². The molecule has 0 fully saturated rings. The summed E-state index contributed by atoms with van der Waals surface area (Å²) in [5, 5.41) is 45.8. The molecule has 4 aromatic rings. The van der Waals surface area contributed by atoms with Crippen LogP contribution >= 0.6 is 0 Å². The lowest BCUT2D eigenvalue weighted by atomic mass is 9.62. The highest BCUT2D eigenvalue weighted by atomic mass is 16.3. The van der Waals surface area contributed by atoms with Crippen molar-refractivity contribution in [2.75, 3.05) is 0 Å². The van der Waals surface area contributed by atoms with Gasteiger partial charge in [0.2, 0.25) is 0 Å². The van der Waals surface area contributed by atoms with Crippen molar-refractivity contribution in [1.82, 2.24) is 0 Å². The Morgan fingerprint density at radius 1 is 0.360 bits per heavy atom. The average Bonchev–Trinajstić information content (AvgIpc) is 2.95. The third-order valence-electron chi connectivity index (χ3n) is 10.4. The second-order valence-electron chi connectivity index (χ2n) is 19.0. The summed E-state index contributed by atoms with van der Waals surface area (Å²) in [4.78, 5) is 0. The maximum Gasteiger partial charge on any atom is 0.122 e. The van der Waals surface area contributed by atoms with E-state index >= 15 is 0 Å². The normalized spacial score (nSPS) is 13.2. The van der Waals surface area contributed by atoms with E-state index in [0.29, 0.717) is 29.4 Å². The average molecular weight is 679 g/mol. The van der Waals surface area contributed by atoms with Crippen LogP contribution in [0, 0.1) is 27.7 Å². The number of hydrogen-bond donors (Lipinski definition) is 4. The molecule has 4 rings (SSSR count). The van der Waals surface area contributed by atoms with Crippen LogP contribution in [-0.2, 0) is 33.5 Å². The van der Waals surface area contributed by atoms with Gasteiger partial charge in [0.05, 0.1) is 0 Å². The zero-order chi connectivity index (χ0) is 38.1. The van der Waals surface area contributed by atoms with Gasteiger partial charge in [0, 0.05) is 5.41 Å². The lowest BCUT2D eigenvalue weighted by Crippen LogP contribution is -2.34. The SMILES string of the molecule is Cc1cc(CC(c2cc(C)c(O)c(C(C)(C)C)c2)(c2cc(C)c(O)c(C(C)(C)C)c2)c2cc(C)c(O)c(C(C)(C)C)c2)cc(C(C)(C)C)c1O. The molecule has 270 valence electrons. The summed E-state index contributed by atoms with van der Waals surface area (Å²) in [6.07, 6.45) is 0.520. The minimum atomic E-state index is -0.853. The fraction of sp³-hybridized carbons (Fsp3) is 0.478. The zero-order valence-corrected chi connectivity index (χ0v) is 33.6. The fourth-order valence-corrected chi connectivity index (χ4v) is 7.43. The fourth-order valence-electron chi connectivity index (χ4n) is 7.43. The predicted octanol–water partition coefficient (Wildman–Crippen LogP) is 11.5. The highest BCUT2D eigenvalue weighted by Gasteiger charge is 2.41. The molecule has 0 saturated carbocycles. The van der Waals surface area contributed by atoms with E-state index in [0.717, 1.165) is 66.8 Å². The number of aryl methyl sites for hydroxylation is 4. The van der Waals surface area contributed by atoms with E-state index in [1.54, 1.807) is 0 Å². The standard InChI is InChI=1S/C46H62O4/c1-26-17-30(21-34(38(26)47)42(5,6)7)25-46(31-18-27(2)39(48)35(22-31)43(8,9)10,32-19-28(3)40(49)36(23-32)44(11,12)13)33-20-29(4)41(50)37(24-33)45(14,15)16/h17-24,47-50H,25H2,1-16H3. The number of phenols is 4. The summed E-state index contributed by atoms with van der Waals surface area (Å²) >= 11 is 0. The van der Waals surface area contributed by atoms with Gasteiger partial charge in [-0.2, -0.15) is 0 Å². The summed E-state index contributed by atoms with van der Waals surface area (Å²) < 4.78 is 0. The Hall–Kier alpha value is -3.92. The van der Waals surface area contributed by atoms with Crippen LogP contribution in [0.15, 0.2) is 48.5 Å². The quantitative estimate of drug-likeness (QED) is 0.158. The molecule has 0 atom stereocenters. The highest BCUT2D eigenvalue weighted by molar-refractivity contribution is 5.63. The van der Waals surface area contributed by atoms with Gasteiger partial charge in [-0.15, -0.1) is 0 Å². The van der Waals surface area contributed by atoms with E-state index in [1.807, 2.05) is 27.7 Å². The van der Waals surface area contributed by atoms with Crippen molar-refractivity contribution in [3.05, 3.63) is 115 Å². The van der Waals surface area contributed by atoms with Gasteiger partial charge in [0.1, 0.15) is 23.0 Å². The molecule has 4 aromatic carbocycles. The summed E-state index contributed by atoms with van der Waals surface area (Å²) in [5.41, 5.74) is 8.48. The number of rotatable bonds is 5. The maximum atomic E-state index is 11.5. The van der Waals surface area contributed by atoms with Gasteiger partial charge >= 0.3 is 0 Å². The molecule has 0 unspecified atom stereocenters. The second-order valence-corrected chi connectivity index (χ2v) is 19.0. The van der Waals surface area contributed by atoms with Gasteiger partial charge in [-0.1, -0.05) is 132 Å². The predicted molar refractivity (Wildman–Crippen MR) is 210 cm³/mol. The summed E-state index contributed by atoms with van der Waals surface area (Å²) in [7, 11) is 0. The van der Waals surface area contributed by atoms with E-state index in [1.165, 1.54) is 0 Å². The Labute approximate surface area is 302 Å². The largest absolute Gasteiger partial charge is 0.507 e. The number of hydrogen-bond acceptors (Lipinski definition) is 4. The topological polar surface area (TPSA) is 80.9 Å². The lowest BCUT2D eigenvalue weighted by Gasteiger charge is -2.40. The van der Waals surface area contributed by atoms with Gasteiger partial charge in [0.25, 0.3) is 0 Å². The Morgan fingerprint density at radius 2 is 0.600 bits per heavy atom. The van der Waals surface area contributed by atoms with Crippen LogP contribution in [0.2, 0.25) is 0 Å². The van der Waals surface area contributed by atoms with Crippen LogP contribution in [0.5, 0.6) is 23.0 Å². The molecule has 0 aromatic heterocycles. The molecule has 0 aliphatic rings. The van der Waals surface area contributed by atoms with E-state index in [9.17, 15) is 20.4 Å². The van der Waals surface area contributed by atoms with Gasteiger partial charge in [-0.25, -0.2) is 0 Å². The summed E-state index contributed by atoms with van der Waals surface area (Å²) in [5.74, 6) is 1.19. The Morgan fingerprint density at radius 3 is 0.860 bits per heavy atom. The van der Waals surface area contributed by atoms with E-state index in [4.69, 9.17) is 0 Å². The first-order chi connectivity index (χ1) is 22.6. The molecule has 50 heavy (non-hydrogen) atoms. The molecule has 0 aliphatic carbocycles. The summed E-state index contributed by atoms with van der Waals surface area (Å²) in [6, 6.07) is 17.1. The minimum absolute atomic E-state index is 0.292. The van der Waals surface area contributed by atoms with E-state index < -0.39 is 5.41 Å². The van der Waals surface area contributed by atoms with Gasteiger partial charge in [-0.3, -0.25) is 0 Å². The van der Waals surface area contributed by atoms with E-state index in [-0.39, 0.29) is 21.7 Å². The molecule has 0 heterocycles. The van der Waals surface area contributed by atoms with Crippen molar-refractivity contribution in [2.45, 2.75) is 144 Å². The molecular formula is C46H62O4. The first-order valence-corrected chi connectivity index (χ1v) is 18.0. The summed E-state index contributed by atoms with van der Waals surface area (Å²) in [6.45, 7) is 33.3. The zero-order valence-electron chi connectivity index (χ0n) is 33.6. The molecule has 0 amide bonds. The first kappa shape index (κ1) is 38.9. The van der Waals surface area contributed by atoms with Crippen LogP contribution in [-0.4, -0.2) is 20.4 Å². The van der Waals surface area contributed by atoms with Crippen molar-refractivity contribution in [2.24, 2.45) is 0 Å². The smallest absolute Gasteiger partial charge is 0.122 e. The molecule has 4 nitrogen and oxygen atoms in total. The Bertz CT molecular complexity index is 1760. The molecule has 0 spiro atoms. The maximum absolute atomic E-state index is 11.5. The highest BCUT2D eigenvalue weighted by Crippen LogP contribution is 2.51. The van der Waals surface area contributed by atoms with Crippen molar-refractivity contribution >= 4 is 0 Å². The Balaban J connectivity index is 2.37. The molecule has 0 radical (unpaired) electrons. The van der Waals surface area contributed by atoms with Gasteiger partial charge < -0.3 is 20.4 Å². The third kappa shape index (κ3) is 7.13. The van der Waals surface area contributed by atoms with E-state index in [2.05, 4.69) is 132 Å². The van der Waals surface area contributed by atoms with Crippen molar-refractivity contribution in [1.29, 1.82) is 0 Å².